The zero-order chi connectivity index (χ0) is 10.8. The van der Waals surface area contributed by atoms with E-state index in [1.807, 2.05) is 0 Å². The maximum atomic E-state index is 12.0. The number of carbonyl (C=O) groups excluding carboxylic acids is 1. The first kappa shape index (κ1) is 10.6. The predicted molar refractivity (Wildman–Crippen MR) is 39.6 cm³/mol. The monoisotopic (exact) mass is 208 g/mol. The number of hydrogen-bond donors (Lipinski definition) is 0. The molecule has 0 radical (unpaired) electrons. The lowest BCUT2D eigenvalue weighted by molar-refractivity contribution is -0.137. The van der Waals surface area contributed by atoms with Crippen molar-refractivity contribution in [2.24, 2.45) is 0 Å². The molecule has 0 atom stereocenters. The van der Waals surface area contributed by atoms with Crippen LogP contribution in [0.25, 0.3) is 0 Å². The van der Waals surface area contributed by atoms with Crippen LogP contribution in [0.15, 0.2) is 12.4 Å². The quantitative estimate of drug-likeness (QED) is 0.708. The van der Waals surface area contributed by atoms with Crippen LogP contribution in [0.1, 0.15) is 12.5 Å². The number of alkyl halides is 3. The number of hydrogen-bond acceptors (Lipinski definition) is 3. The lowest BCUT2D eigenvalue weighted by Crippen LogP contribution is -2.14. The molecular weight excluding hydrogens is 201 g/mol. The summed E-state index contributed by atoms with van der Waals surface area (Å²) in [5, 5.41) is 3.22. The summed E-state index contributed by atoms with van der Waals surface area (Å²) in [7, 11) is 0. The Morgan fingerprint density at radius 1 is 1.64 bits per heavy atom. The number of ether oxygens (including phenoxy) is 1. The van der Waals surface area contributed by atoms with Gasteiger partial charge in [0, 0.05) is 6.20 Å². The highest BCUT2D eigenvalue weighted by atomic mass is 19.4. The van der Waals surface area contributed by atoms with Crippen LogP contribution in [0.2, 0.25) is 0 Å². The van der Waals surface area contributed by atoms with E-state index in [1.165, 1.54) is 0 Å². The molecule has 4 nitrogen and oxygen atoms in total. The van der Waals surface area contributed by atoms with Crippen LogP contribution in [0.3, 0.4) is 0 Å². The highest BCUT2D eigenvalue weighted by Gasteiger charge is 2.32. The van der Waals surface area contributed by atoms with E-state index in [-0.39, 0.29) is 6.61 Å². The van der Waals surface area contributed by atoms with Crippen LogP contribution >= 0.6 is 0 Å². The third kappa shape index (κ3) is 2.24. The molecule has 0 saturated carbocycles. The SMILES string of the molecule is CCOC(=O)n1cc(C(F)(F)F)cn1. The molecule has 0 spiro atoms. The molecule has 0 aromatic carbocycles. The Hall–Kier alpha value is -1.53. The van der Waals surface area contributed by atoms with E-state index in [4.69, 9.17) is 0 Å². The maximum absolute atomic E-state index is 12.0. The van der Waals surface area contributed by atoms with Gasteiger partial charge >= 0.3 is 12.3 Å². The van der Waals surface area contributed by atoms with Gasteiger partial charge in [-0.05, 0) is 6.92 Å². The van der Waals surface area contributed by atoms with E-state index in [1.54, 1.807) is 6.92 Å². The molecule has 0 fully saturated rings. The van der Waals surface area contributed by atoms with Crippen molar-refractivity contribution in [1.82, 2.24) is 9.78 Å². The van der Waals surface area contributed by atoms with E-state index in [2.05, 4.69) is 9.84 Å². The Morgan fingerprint density at radius 3 is 2.71 bits per heavy atom. The van der Waals surface area contributed by atoms with Crippen LogP contribution in [0.4, 0.5) is 18.0 Å². The second-order valence-electron chi connectivity index (χ2n) is 2.37. The van der Waals surface area contributed by atoms with E-state index in [0.29, 0.717) is 17.1 Å². The Labute approximate surface area is 77.3 Å². The average Bonchev–Trinajstić information content (AvgIpc) is 2.51. The minimum Gasteiger partial charge on any atom is -0.448 e. The van der Waals surface area contributed by atoms with Crippen LogP contribution in [0.5, 0.6) is 0 Å². The summed E-state index contributed by atoms with van der Waals surface area (Å²) in [5.74, 6) is 0. The predicted octanol–water partition coefficient (Wildman–Crippen LogP) is 1.91. The maximum Gasteiger partial charge on any atom is 0.434 e. The van der Waals surface area contributed by atoms with Crippen LogP contribution in [0, 0.1) is 0 Å². The zero-order valence-corrected chi connectivity index (χ0v) is 7.21. The summed E-state index contributed by atoms with van der Waals surface area (Å²) in [6, 6.07) is 0. The lowest BCUT2D eigenvalue weighted by Gasteiger charge is -2.01. The minimum atomic E-state index is -4.50. The Balaban J connectivity index is 2.83. The lowest BCUT2D eigenvalue weighted by atomic mass is 10.4. The fraction of sp³-hybridized carbons (Fsp3) is 0.429. The summed E-state index contributed by atoms with van der Waals surface area (Å²) in [4.78, 5) is 10.9. The molecule has 7 heteroatoms. The molecule has 1 rings (SSSR count). The highest BCUT2D eigenvalue weighted by molar-refractivity contribution is 5.69. The molecule has 0 amide bonds. The number of carbonyl (C=O) groups is 1. The van der Waals surface area contributed by atoms with Gasteiger partial charge < -0.3 is 4.74 Å². The third-order valence-corrected chi connectivity index (χ3v) is 1.36. The van der Waals surface area contributed by atoms with Crippen LogP contribution in [-0.4, -0.2) is 22.5 Å². The topological polar surface area (TPSA) is 44.1 Å². The van der Waals surface area contributed by atoms with Crippen molar-refractivity contribution in [2.45, 2.75) is 13.1 Å². The highest BCUT2D eigenvalue weighted by Crippen LogP contribution is 2.28. The summed E-state index contributed by atoms with van der Waals surface area (Å²) in [6.07, 6.45) is -4.28. The van der Waals surface area contributed by atoms with Gasteiger partial charge in [0.2, 0.25) is 0 Å². The molecule has 0 unspecified atom stereocenters. The van der Waals surface area contributed by atoms with Crippen molar-refractivity contribution in [3.8, 4) is 0 Å². The molecular formula is C7H7F3N2O2. The fourth-order valence-electron chi connectivity index (χ4n) is 0.759. The second-order valence-corrected chi connectivity index (χ2v) is 2.37. The minimum absolute atomic E-state index is 0.0834. The van der Waals surface area contributed by atoms with Crippen molar-refractivity contribution in [1.29, 1.82) is 0 Å². The van der Waals surface area contributed by atoms with Gasteiger partial charge in [0.15, 0.2) is 0 Å². The Bertz CT molecular complexity index is 332. The zero-order valence-electron chi connectivity index (χ0n) is 7.21. The molecule has 0 aliphatic rings. The van der Waals surface area contributed by atoms with Crippen molar-refractivity contribution < 1.29 is 22.7 Å². The molecule has 1 aromatic heterocycles. The molecule has 0 N–H and O–H groups in total. The standard InChI is InChI=1S/C7H7F3N2O2/c1-2-14-6(13)12-4-5(3-11-12)7(8,9)10/h3-4H,2H2,1H3. The number of rotatable bonds is 1. The first-order chi connectivity index (χ1) is 6.45. The van der Waals surface area contributed by atoms with Crippen molar-refractivity contribution in [3.63, 3.8) is 0 Å². The Kier molecular flexibility index (Phi) is 2.78. The molecule has 0 aliphatic heterocycles. The van der Waals surface area contributed by atoms with Crippen molar-refractivity contribution in [2.75, 3.05) is 6.61 Å². The van der Waals surface area contributed by atoms with Gasteiger partial charge in [-0.1, -0.05) is 0 Å². The normalized spacial score (nSPS) is 11.4. The van der Waals surface area contributed by atoms with Gasteiger partial charge in [0.1, 0.15) is 0 Å². The number of nitrogens with zero attached hydrogens (tertiary/aromatic N) is 2. The van der Waals surface area contributed by atoms with Gasteiger partial charge in [-0.3, -0.25) is 0 Å². The summed E-state index contributed by atoms with van der Waals surface area (Å²) >= 11 is 0. The van der Waals surface area contributed by atoms with Crippen molar-refractivity contribution >= 4 is 6.09 Å². The first-order valence-corrected chi connectivity index (χ1v) is 3.74. The smallest absolute Gasteiger partial charge is 0.434 e. The molecule has 0 aliphatic carbocycles. The van der Waals surface area contributed by atoms with Crippen molar-refractivity contribution in [3.05, 3.63) is 18.0 Å². The molecule has 0 saturated heterocycles. The summed E-state index contributed by atoms with van der Waals surface area (Å²) < 4.78 is 41.1. The van der Waals surface area contributed by atoms with Gasteiger partial charge in [-0.15, -0.1) is 0 Å². The third-order valence-electron chi connectivity index (χ3n) is 1.36. The summed E-state index contributed by atoms with van der Waals surface area (Å²) in [5.41, 5.74) is -0.981. The van der Waals surface area contributed by atoms with E-state index < -0.39 is 17.8 Å². The largest absolute Gasteiger partial charge is 0.448 e. The first-order valence-electron chi connectivity index (χ1n) is 3.74. The number of aromatic nitrogens is 2. The molecule has 0 bridgehead atoms. The molecule has 1 aromatic rings. The molecule has 1 heterocycles. The molecule has 14 heavy (non-hydrogen) atoms. The molecule has 78 valence electrons. The van der Waals surface area contributed by atoms with Crippen LogP contribution < -0.4 is 0 Å². The van der Waals surface area contributed by atoms with Gasteiger partial charge in [0.05, 0.1) is 18.4 Å². The van der Waals surface area contributed by atoms with E-state index in [9.17, 15) is 18.0 Å². The number of halogens is 3. The van der Waals surface area contributed by atoms with Crippen LogP contribution in [-0.2, 0) is 10.9 Å². The van der Waals surface area contributed by atoms with E-state index in [0.717, 1.165) is 0 Å². The average molecular weight is 208 g/mol. The van der Waals surface area contributed by atoms with Gasteiger partial charge in [-0.25, -0.2) is 4.79 Å². The second kappa shape index (κ2) is 3.69. The summed E-state index contributed by atoms with van der Waals surface area (Å²) in [6.45, 7) is 1.63. The Morgan fingerprint density at radius 2 is 2.29 bits per heavy atom. The van der Waals surface area contributed by atoms with E-state index >= 15 is 0 Å². The fourth-order valence-corrected chi connectivity index (χ4v) is 0.759. The van der Waals surface area contributed by atoms with Gasteiger partial charge in [-0.2, -0.15) is 23.0 Å². The van der Waals surface area contributed by atoms with Gasteiger partial charge in [0.25, 0.3) is 0 Å².